The average Bonchev–Trinajstić information content (AvgIpc) is 2.64. The third-order valence-corrected chi connectivity index (χ3v) is 4.49. The fraction of sp³-hybridized carbons (Fsp3) is 0.636. The molecule has 0 saturated heterocycles. The van der Waals surface area contributed by atoms with E-state index in [0.717, 1.165) is 32.4 Å². The minimum Gasteiger partial charge on any atom is -0.373 e. The fourth-order valence-corrected chi connectivity index (χ4v) is 3.34. The Morgan fingerprint density at radius 2 is 2.00 bits per heavy atom. The quantitative estimate of drug-likeness (QED) is 0.214. The molecule has 2 rings (SSSR count). The highest BCUT2D eigenvalue weighted by Crippen LogP contribution is 2.32. The Hall–Kier alpha value is -1.35. The summed E-state index contributed by atoms with van der Waals surface area (Å²) in [6.07, 6.45) is 4.54. The van der Waals surface area contributed by atoms with Crippen molar-refractivity contribution < 1.29 is 9.53 Å². The topological polar surface area (TPSA) is 74.8 Å². The van der Waals surface area contributed by atoms with E-state index in [4.69, 9.17) is 4.74 Å². The Labute approximate surface area is 192 Å². The van der Waals surface area contributed by atoms with Crippen molar-refractivity contribution in [1.29, 1.82) is 0 Å². The zero-order valence-corrected chi connectivity index (χ0v) is 20.5. The molecular formula is C22H37IN4O2. The average molecular weight is 516 g/mol. The molecule has 0 radical (unpaired) electrons. The molecule has 0 saturated carbocycles. The number of carbonyl (C=O) groups is 1. The predicted octanol–water partition coefficient (Wildman–Crippen LogP) is 3.56. The number of fused-ring (bicyclic) bond motifs is 1. The van der Waals surface area contributed by atoms with Gasteiger partial charge in [0.2, 0.25) is 5.91 Å². The van der Waals surface area contributed by atoms with E-state index >= 15 is 0 Å². The number of benzene rings is 1. The summed E-state index contributed by atoms with van der Waals surface area (Å²) in [5.41, 5.74) is 2.53. The largest absolute Gasteiger partial charge is 0.373 e. The summed E-state index contributed by atoms with van der Waals surface area (Å²) in [6, 6.07) is 8.60. The minimum absolute atomic E-state index is 0. The van der Waals surface area contributed by atoms with Gasteiger partial charge in [0.1, 0.15) is 6.54 Å². The maximum atomic E-state index is 11.9. The maximum Gasteiger partial charge on any atom is 0.242 e. The van der Waals surface area contributed by atoms with Crippen molar-refractivity contribution in [3.8, 4) is 0 Å². The molecule has 1 atom stereocenters. The number of rotatable bonds is 8. The molecule has 6 nitrogen and oxygen atoms in total. The predicted molar refractivity (Wildman–Crippen MR) is 130 cm³/mol. The maximum absolute atomic E-state index is 11.9. The summed E-state index contributed by atoms with van der Waals surface area (Å²) in [4.78, 5) is 16.3. The zero-order valence-electron chi connectivity index (χ0n) is 18.2. The number of carbonyl (C=O) groups excluding carboxylic acids is 1. The molecule has 164 valence electrons. The van der Waals surface area contributed by atoms with Crippen LogP contribution in [0.4, 0.5) is 0 Å². The third-order valence-electron chi connectivity index (χ3n) is 4.49. The van der Waals surface area contributed by atoms with E-state index < -0.39 is 0 Å². The van der Waals surface area contributed by atoms with Crippen molar-refractivity contribution >= 4 is 35.8 Å². The normalized spacial score (nSPS) is 16.4. The summed E-state index contributed by atoms with van der Waals surface area (Å²) in [5, 5.41) is 9.36. The van der Waals surface area contributed by atoms with Crippen LogP contribution in [0.5, 0.6) is 0 Å². The molecule has 1 unspecified atom stereocenters. The van der Waals surface area contributed by atoms with Crippen LogP contribution in [0.25, 0.3) is 0 Å². The molecule has 29 heavy (non-hydrogen) atoms. The van der Waals surface area contributed by atoms with Crippen LogP contribution in [0.1, 0.15) is 64.2 Å². The Morgan fingerprint density at radius 3 is 2.72 bits per heavy atom. The standard InChI is InChI=1S/C22H36N4O2.HI/c1-5-23-21(25-16-20(27)26-22(2,3)4)24-14-9-15-28-19-13-8-11-17-10-6-7-12-18(17)19;/h6-7,10,12,19H,5,8-9,11,13-16H2,1-4H3,(H,26,27)(H2,23,24,25);1H. The van der Waals surface area contributed by atoms with E-state index in [1.807, 2.05) is 27.7 Å². The first-order valence-electron chi connectivity index (χ1n) is 10.4. The summed E-state index contributed by atoms with van der Waals surface area (Å²) >= 11 is 0. The van der Waals surface area contributed by atoms with Gasteiger partial charge >= 0.3 is 0 Å². The van der Waals surface area contributed by atoms with Crippen LogP contribution in [0.15, 0.2) is 29.3 Å². The van der Waals surface area contributed by atoms with Crippen LogP contribution in [0.2, 0.25) is 0 Å². The van der Waals surface area contributed by atoms with Gasteiger partial charge in [0.05, 0.1) is 6.10 Å². The molecule has 1 amide bonds. The van der Waals surface area contributed by atoms with Crippen molar-refractivity contribution in [3.63, 3.8) is 0 Å². The van der Waals surface area contributed by atoms with Gasteiger partial charge in [-0.3, -0.25) is 4.79 Å². The lowest BCUT2D eigenvalue weighted by Crippen LogP contribution is -2.43. The van der Waals surface area contributed by atoms with Gasteiger partial charge in [-0.1, -0.05) is 24.3 Å². The highest BCUT2D eigenvalue weighted by Gasteiger charge is 2.19. The number of halogens is 1. The van der Waals surface area contributed by atoms with Crippen LogP contribution < -0.4 is 16.0 Å². The van der Waals surface area contributed by atoms with Crippen molar-refractivity contribution in [2.75, 3.05) is 26.2 Å². The smallest absolute Gasteiger partial charge is 0.242 e. The lowest BCUT2D eigenvalue weighted by molar-refractivity contribution is -0.121. The summed E-state index contributed by atoms with van der Waals surface area (Å²) < 4.78 is 6.14. The van der Waals surface area contributed by atoms with Gasteiger partial charge in [-0.05, 0) is 64.5 Å². The Bertz CT molecular complexity index is 658. The number of aliphatic imine (C=N–C) groups is 1. The molecule has 7 heteroatoms. The van der Waals surface area contributed by atoms with Crippen molar-refractivity contribution in [2.24, 2.45) is 4.99 Å². The van der Waals surface area contributed by atoms with Gasteiger partial charge in [0.15, 0.2) is 5.96 Å². The molecule has 0 fully saturated rings. The van der Waals surface area contributed by atoms with E-state index in [-0.39, 0.29) is 48.1 Å². The zero-order chi connectivity index (χ0) is 20.4. The minimum atomic E-state index is -0.243. The van der Waals surface area contributed by atoms with E-state index in [2.05, 4.69) is 45.2 Å². The van der Waals surface area contributed by atoms with E-state index in [9.17, 15) is 4.79 Å². The lowest BCUT2D eigenvalue weighted by atomic mass is 9.89. The molecule has 0 aromatic heterocycles. The first-order valence-corrected chi connectivity index (χ1v) is 10.4. The number of ether oxygens (including phenoxy) is 1. The number of hydrogen-bond acceptors (Lipinski definition) is 3. The van der Waals surface area contributed by atoms with Gasteiger partial charge in [-0.2, -0.15) is 0 Å². The SMILES string of the molecule is CCNC(=NCC(=O)NC(C)(C)C)NCCCOC1CCCc2ccccc21.I. The van der Waals surface area contributed by atoms with Crippen LogP contribution in [0, 0.1) is 0 Å². The third kappa shape index (κ3) is 9.80. The Morgan fingerprint density at radius 1 is 1.24 bits per heavy atom. The number of aryl methyl sites for hydroxylation is 1. The van der Waals surface area contributed by atoms with Crippen molar-refractivity contribution in [2.45, 2.75) is 65.0 Å². The summed E-state index contributed by atoms with van der Waals surface area (Å²) in [5.74, 6) is 0.582. The fourth-order valence-electron chi connectivity index (χ4n) is 3.34. The van der Waals surface area contributed by atoms with E-state index in [0.29, 0.717) is 12.6 Å². The van der Waals surface area contributed by atoms with Gasteiger partial charge in [-0.25, -0.2) is 4.99 Å². The van der Waals surface area contributed by atoms with E-state index in [1.165, 1.54) is 17.5 Å². The van der Waals surface area contributed by atoms with Crippen LogP contribution >= 0.6 is 24.0 Å². The molecule has 0 heterocycles. The first-order chi connectivity index (χ1) is 13.4. The Balaban J connectivity index is 0.00000420. The van der Waals surface area contributed by atoms with Crippen LogP contribution in [-0.4, -0.2) is 43.6 Å². The van der Waals surface area contributed by atoms with Crippen LogP contribution in [-0.2, 0) is 16.0 Å². The van der Waals surface area contributed by atoms with Crippen LogP contribution in [0.3, 0.4) is 0 Å². The highest BCUT2D eigenvalue weighted by molar-refractivity contribution is 14.0. The van der Waals surface area contributed by atoms with Crippen molar-refractivity contribution in [3.05, 3.63) is 35.4 Å². The second-order valence-electron chi connectivity index (χ2n) is 8.22. The van der Waals surface area contributed by atoms with E-state index in [1.54, 1.807) is 0 Å². The summed E-state index contributed by atoms with van der Waals surface area (Å²) in [6.45, 7) is 10.2. The van der Waals surface area contributed by atoms with Gasteiger partial charge in [0.25, 0.3) is 0 Å². The molecule has 0 spiro atoms. The molecule has 1 aromatic carbocycles. The number of amides is 1. The second-order valence-corrected chi connectivity index (χ2v) is 8.22. The number of nitrogens with zero attached hydrogens (tertiary/aromatic N) is 1. The molecule has 1 aliphatic carbocycles. The number of hydrogen-bond donors (Lipinski definition) is 3. The summed E-state index contributed by atoms with van der Waals surface area (Å²) in [7, 11) is 0. The van der Waals surface area contributed by atoms with Crippen molar-refractivity contribution in [1.82, 2.24) is 16.0 Å². The highest BCUT2D eigenvalue weighted by atomic mass is 127. The number of nitrogens with one attached hydrogen (secondary N) is 3. The molecular weight excluding hydrogens is 479 g/mol. The van der Waals surface area contributed by atoms with Gasteiger partial charge in [0, 0.05) is 25.2 Å². The number of guanidine groups is 1. The molecule has 3 N–H and O–H groups in total. The molecule has 0 aliphatic heterocycles. The molecule has 1 aromatic rings. The first kappa shape index (κ1) is 25.7. The lowest BCUT2D eigenvalue weighted by Gasteiger charge is -2.25. The molecule has 0 bridgehead atoms. The van der Waals surface area contributed by atoms with Gasteiger partial charge < -0.3 is 20.7 Å². The molecule has 1 aliphatic rings. The Kier molecular flexibility index (Phi) is 11.6. The second kappa shape index (κ2) is 13.1. The van der Waals surface area contributed by atoms with Gasteiger partial charge in [-0.15, -0.1) is 24.0 Å². The monoisotopic (exact) mass is 516 g/mol.